The summed E-state index contributed by atoms with van der Waals surface area (Å²) < 4.78 is 20.1. The number of ether oxygens (including phenoxy) is 3. The zero-order valence-electron chi connectivity index (χ0n) is 20.0. The maximum atomic E-state index is 13.0. The number of esters is 1. The minimum atomic E-state index is -1.25. The first kappa shape index (κ1) is 22.5. The molecule has 2 aliphatic heterocycles. The van der Waals surface area contributed by atoms with Crippen molar-refractivity contribution in [2.45, 2.75) is 81.0 Å². The second-order valence-corrected chi connectivity index (χ2v) is 11.4. The van der Waals surface area contributed by atoms with E-state index in [0.29, 0.717) is 5.56 Å². The van der Waals surface area contributed by atoms with E-state index in [0.717, 1.165) is 50.5 Å². The molecule has 6 atom stereocenters. The Morgan fingerprint density at radius 1 is 1.17 bits per heavy atom. The Bertz CT molecular complexity index is 1250. The van der Waals surface area contributed by atoms with Crippen molar-refractivity contribution < 1.29 is 29.2 Å². The van der Waals surface area contributed by atoms with Gasteiger partial charge in [-0.05, 0) is 61.5 Å². The van der Waals surface area contributed by atoms with E-state index in [1.54, 1.807) is 30.5 Å². The molecule has 2 saturated heterocycles. The van der Waals surface area contributed by atoms with Crippen LogP contribution in [0.15, 0.2) is 47.4 Å². The number of aliphatic hydroxyl groups is 1. The summed E-state index contributed by atoms with van der Waals surface area (Å²) in [5.74, 6) is -0.0467. The Kier molecular flexibility index (Phi) is 4.94. The molecule has 2 bridgehead atoms. The normalized spacial score (nSPS) is 35.9. The van der Waals surface area contributed by atoms with E-state index in [9.17, 15) is 19.8 Å². The summed E-state index contributed by atoms with van der Waals surface area (Å²) in [5.41, 5.74) is -0.240. The SMILES string of the molecule is O=C(OCC12OC(n3cc(C4CCCC4)c(O)cc3=O)C(OC1C1CC13CC3)C2O)c1ccccc1. The lowest BCUT2D eigenvalue weighted by Gasteiger charge is -2.38. The quantitative estimate of drug-likeness (QED) is 0.595. The van der Waals surface area contributed by atoms with Gasteiger partial charge in [0.15, 0.2) is 11.8 Å². The molecule has 5 aliphatic rings. The van der Waals surface area contributed by atoms with Crippen molar-refractivity contribution in [2.75, 3.05) is 6.61 Å². The first-order chi connectivity index (χ1) is 17.4. The van der Waals surface area contributed by atoms with Crippen LogP contribution in [0.5, 0.6) is 5.75 Å². The van der Waals surface area contributed by atoms with E-state index in [-0.39, 0.29) is 29.6 Å². The highest BCUT2D eigenvalue weighted by atomic mass is 16.7. The predicted octanol–water partition coefficient (Wildman–Crippen LogP) is 3.26. The van der Waals surface area contributed by atoms with Crippen LogP contribution >= 0.6 is 0 Å². The molecule has 190 valence electrons. The Morgan fingerprint density at radius 2 is 1.92 bits per heavy atom. The largest absolute Gasteiger partial charge is 0.507 e. The number of aliphatic hydroxyl groups excluding tert-OH is 1. The molecule has 36 heavy (non-hydrogen) atoms. The number of fused-ring (bicyclic) bond motifs is 2. The van der Waals surface area contributed by atoms with Crippen LogP contribution < -0.4 is 5.56 Å². The first-order valence-corrected chi connectivity index (χ1v) is 13.1. The van der Waals surface area contributed by atoms with Crippen molar-refractivity contribution in [3.05, 3.63) is 64.1 Å². The fourth-order valence-electron chi connectivity index (χ4n) is 6.99. The first-order valence-electron chi connectivity index (χ1n) is 13.1. The zero-order chi connectivity index (χ0) is 24.7. The van der Waals surface area contributed by atoms with Gasteiger partial charge in [0.25, 0.3) is 5.56 Å². The van der Waals surface area contributed by atoms with E-state index in [1.165, 1.54) is 10.6 Å². The lowest BCUT2D eigenvalue weighted by atomic mass is 9.89. The van der Waals surface area contributed by atoms with Gasteiger partial charge in [-0.25, -0.2) is 4.79 Å². The van der Waals surface area contributed by atoms with Gasteiger partial charge >= 0.3 is 5.97 Å². The van der Waals surface area contributed by atoms with Gasteiger partial charge in [0.1, 0.15) is 24.6 Å². The van der Waals surface area contributed by atoms with Crippen LogP contribution in [0.2, 0.25) is 0 Å². The third-order valence-electron chi connectivity index (χ3n) is 9.33. The number of hydrogen-bond acceptors (Lipinski definition) is 7. The van der Waals surface area contributed by atoms with Crippen LogP contribution in [-0.4, -0.2) is 51.3 Å². The third kappa shape index (κ3) is 3.31. The standard InChI is InChI=1S/C28H31NO7/c30-20-12-21(31)29(14-18(20)16-6-4-5-7-16)25-22-23(32)28(36-25,24(35-22)19-13-27(19)10-11-27)15-34-26(33)17-8-2-1-3-9-17/h1-3,8-9,12,14,16,19,22-25,30,32H,4-7,10-11,13,15H2. The summed E-state index contributed by atoms with van der Waals surface area (Å²) in [6.07, 6.45) is 6.00. The number of aromatic nitrogens is 1. The van der Waals surface area contributed by atoms with E-state index in [4.69, 9.17) is 14.2 Å². The zero-order valence-corrected chi connectivity index (χ0v) is 20.0. The molecule has 3 aliphatic carbocycles. The molecule has 0 radical (unpaired) electrons. The molecular formula is C28H31NO7. The minimum absolute atomic E-state index is 0.00538. The number of pyridine rings is 1. The van der Waals surface area contributed by atoms with Gasteiger partial charge < -0.3 is 24.4 Å². The lowest BCUT2D eigenvalue weighted by Crippen LogP contribution is -2.53. The second kappa shape index (κ2) is 7.91. The van der Waals surface area contributed by atoms with Gasteiger partial charge in [-0.3, -0.25) is 9.36 Å². The summed E-state index contributed by atoms with van der Waals surface area (Å²) in [4.78, 5) is 25.7. The maximum absolute atomic E-state index is 13.0. The Hall–Kier alpha value is -2.68. The summed E-state index contributed by atoms with van der Waals surface area (Å²) in [6, 6.07) is 9.95. The number of benzene rings is 1. The van der Waals surface area contributed by atoms with Crippen molar-refractivity contribution >= 4 is 5.97 Å². The molecule has 5 fully saturated rings. The molecule has 0 amide bonds. The highest BCUT2D eigenvalue weighted by Crippen LogP contribution is 2.74. The van der Waals surface area contributed by atoms with Crippen molar-refractivity contribution in [2.24, 2.45) is 11.3 Å². The Morgan fingerprint density at radius 3 is 2.61 bits per heavy atom. The number of nitrogens with zero attached hydrogens (tertiary/aromatic N) is 1. The van der Waals surface area contributed by atoms with E-state index in [2.05, 4.69) is 0 Å². The molecule has 1 spiro atoms. The Labute approximate surface area is 208 Å². The summed E-state index contributed by atoms with van der Waals surface area (Å²) in [5, 5.41) is 22.0. The molecule has 6 unspecified atom stereocenters. The van der Waals surface area contributed by atoms with Crippen LogP contribution in [0, 0.1) is 11.3 Å². The molecule has 7 rings (SSSR count). The van der Waals surface area contributed by atoms with Gasteiger partial charge in [-0.1, -0.05) is 31.0 Å². The summed E-state index contributed by atoms with van der Waals surface area (Å²) >= 11 is 0. The number of aromatic hydroxyl groups is 1. The molecule has 2 aromatic rings. The van der Waals surface area contributed by atoms with Crippen LogP contribution in [0.4, 0.5) is 0 Å². The molecular weight excluding hydrogens is 462 g/mol. The van der Waals surface area contributed by atoms with Crippen LogP contribution in [0.3, 0.4) is 0 Å². The predicted molar refractivity (Wildman–Crippen MR) is 128 cm³/mol. The average Bonchev–Trinajstić information content (AvgIpc) is 3.67. The number of carbonyl (C=O) groups is 1. The molecule has 1 aromatic heterocycles. The molecule has 1 aromatic carbocycles. The van der Waals surface area contributed by atoms with Crippen molar-refractivity contribution in [1.29, 1.82) is 0 Å². The highest BCUT2D eigenvalue weighted by molar-refractivity contribution is 5.89. The van der Waals surface area contributed by atoms with Crippen molar-refractivity contribution in [3.63, 3.8) is 0 Å². The fraction of sp³-hybridized carbons (Fsp3) is 0.571. The maximum Gasteiger partial charge on any atom is 0.338 e. The van der Waals surface area contributed by atoms with Gasteiger partial charge in [0.2, 0.25) is 0 Å². The summed E-state index contributed by atoms with van der Waals surface area (Å²) in [6.45, 7) is -0.158. The van der Waals surface area contributed by atoms with Crippen molar-refractivity contribution in [3.8, 4) is 5.75 Å². The van der Waals surface area contributed by atoms with Crippen LogP contribution in [0.1, 0.15) is 73.0 Å². The fourth-order valence-corrected chi connectivity index (χ4v) is 6.99. The monoisotopic (exact) mass is 493 g/mol. The lowest BCUT2D eigenvalue weighted by molar-refractivity contribution is -0.229. The topological polar surface area (TPSA) is 107 Å². The molecule has 8 nitrogen and oxygen atoms in total. The Balaban J connectivity index is 1.20. The highest BCUT2D eigenvalue weighted by Gasteiger charge is 2.76. The van der Waals surface area contributed by atoms with Crippen LogP contribution in [-0.2, 0) is 14.2 Å². The minimum Gasteiger partial charge on any atom is -0.507 e. The average molecular weight is 494 g/mol. The number of hydrogen-bond donors (Lipinski definition) is 2. The molecule has 8 heteroatoms. The smallest absolute Gasteiger partial charge is 0.338 e. The van der Waals surface area contributed by atoms with E-state index >= 15 is 0 Å². The van der Waals surface area contributed by atoms with Crippen molar-refractivity contribution in [1.82, 2.24) is 4.57 Å². The van der Waals surface area contributed by atoms with Gasteiger partial charge in [0, 0.05) is 17.8 Å². The second-order valence-electron chi connectivity index (χ2n) is 11.4. The number of carbonyl (C=O) groups excluding carboxylic acids is 1. The summed E-state index contributed by atoms with van der Waals surface area (Å²) in [7, 11) is 0. The third-order valence-corrected chi connectivity index (χ3v) is 9.33. The van der Waals surface area contributed by atoms with Gasteiger partial charge in [0.05, 0.1) is 11.7 Å². The molecule has 3 heterocycles. The van der Waals surface area contributed by atoms with Gasteiger partial charge in [-0.2, -0.15) is 0 Å². The van der Waals surface area contributed by atoms with E-state index < -0.39 is 41.7 Å². The molecule has 3 saturated carbocycles. The van der Waals surface area contributed by atoms with E-state index in [1.807, 2.05) is 6.07 Å². The van der Waals surface area contributed by atoms with Gasteiger partial charge in [-0.15, -0.1) is 0 Å². The van der Waals surface area contributed by atoms with Crippen LogP contribution in [0.25, 0.3) is 0 Å². The molecule has 2 N–H and O–H groups in total. The number of rotatable bonds is 6.